The van der Waals surface area contributed by atoms with Crippen LogP contribution in [0.5, 0.6) is 5.88 Å². The number of nitrogens with zero attached hydrogens (tertiary/aromatic N) is 4. The van der Waals surface area contributed by atoms with Crippen LogP contribution >= 0.6 is 0 Å². The molecule has 1 N–H and O–H groups in total. The third-order valence-corrected chi connectivity index (χ3v) is 6.55. The number of sulfonamides is 1. The lowest BCUT2D eigenvalue weighted by Gasteiger charge is -2.37. The molecule has 0 bridgehead atoms. The summed E-state index contributed by atoms with van der Waals surface area (Å²) in [6, 6.07) is 2.17. The molecule has 0 radical (unpaired) electrons. The van der Waals surface area contributed by atoms with Crippen molar-refractivity contribution >= 4 is 16.0 Å². The highest BCUT2D eigenvalue weighted by atomic mass is 32.2. The minimum atomic E-state index is -3.14. The highest BCUT2D eigenvalue weighted by Gasteiger charge is 2.33. The van der Waals surface area contributed by atoms with E-state index in [-0.39, 0.29) is 11.5 Å². The Hall–Kier alpha value is -1.92. The fourth-order valence-corrected chi connectivity index (χ4v) is 4.18. The molecule has 1 aliphatic carbocycles. The SMILES string of the molecule is CC1(COc2nc(NC3CCN(S(C)(=O)=O)CC3)ncc2C#N)CCC1. The summed E-state index contributed by atoms with van der Waals surface area (Å²) in [5.74, 6) is 0.724. The van der Waals surface area contributed by atoms with Gasteiger partial charge >= 0.3 is 0 Å². The molecule has 8 nitrogen and oxygen atoms in total. The molecule has 2 aliphatic rings. The van der Waals surface area contributed by atoms with Gasteiger partial charge in [0.1, 0.15) is 11.6 Å². The number of nitriles is 1. The zero-order valence-electron chi connectivity index (χ0n) is 15.2. The molecular formula is C17H25N5O3S. The third kappa shape index (κ3) is 4.43. The number of ether oxygens (including phenoxy) is 1. The molecule has 3 rings (SSSR count). The molecule has 2 heterocycles. The normalized spacial score (nSPS) is 20.8. The Labute approximate surface area is 154 Å². The smallest absolute Gasteiger partial charge is 0.236 e. The Morgan fingerprint density at radius 1 is 1.42 bits per heavy atom. The quantitative estimate of drug-likeness (QED) is 0.802. The zero-order valence-corrected chi connectivity index (χ0v) is 16.0. The maximum absolute atomic E-state index is 11.6. The molecule has 142 valence electrons. The van der Waals surface area contributed by atoms with Crippen molar-refractivity contribution in [2.45, 2.75) is 45.1 Å². The van der Waals surface area contributed by atoms with Gasteiger partial charge in [0.05, 0.1) is 19.1 Å². The predicted octanol–water partition coefficient (Wildman–Crippen LogP) is 1.75. The molecule has 9 heteroatoms. The average molecular weight is 379 g/mol. The van der Waals surface area contributed by atoms with E-state index in [9.17, 15) is 13.7 Å². The van der Waals surface area contributed by atoms with Gasteiger partial charge in [0.15, 0.2) is 0 Å². The van der Waals surface area contributed by atoms with E-state index in [2.05, 4.69) is 28.3 Å². The molecule has 1 aliphatic heterocycles. The minimum Gasteiger partial charge on any atom is -0.476 e. The summed E-state index contributed by atoms with van der Waals surface area (Å²) in [5, 5.41) is 12.5. The number of hydrogen-bond acceptors (Lipinski definition) is 7. The maximum Gasteiger partial charge on any atom is 0.236 e. The molecule has 1 saturated heterocycles. The molecule has 0 unspecified atom stereocenters. The molecule has 1 aromatic heterocycles. The molecule has 0 amide bonds. The van der Waals surface area contributed by atoms with Gasteiger partial charge in [-0.05, 0) is 25.7 Å². The van der Waals surface area contributed by atoms with Crippen molar-refractivity contribution < 1.29 is 13.2 Å². The molecular weight excluding hydrogens is 354 g/mol. The molecule has 0 atom stereocenters. The predicted molar refractivity (Wildman–Crippen MR) is 97.3 cm³/mol. The minimum absolute atomic E-state index is 0.0953. The molecule has 1 aromatic rings. The van der Waals surface area contributed by atoms with Crippen LogP contribution in [0.3, 0.4) is 0 Å². The van der Waals surface area contributed by atoms with Crippen LogP contribution < -0.4 is 10.1 Å². The topological polar surface area (TPSA) is 108 Å². The monoisotopic (exact) mass is 379 g/mol. The van der Waals surface area contributed by atoms with E-state index >= 15 is 0 Å². The van der Waals surface area contributed by atoms with E-state index in [0.717, 1.165) is 12.8 Å². The van der Waals surface area contributed by atoms with Crippen molar-refractivity contribution in [3.63, 3.8) is 0 Å². The summed E-state index contributed by atoms with van der Waals surface area (Å²) in [6.07, 6.45) is 7.55. The van der Waals surface area contributed by atoms with E-state index < -0.39 is 10.0 Å². The van der Waals surface area contributed by atoms with Gasteiger partial charge in [-0.15, -0.1) is 0 Å². The van der Waals surface area contributed by atoms with Crippen molar-refractivity contribution in [2.75, 3.05) is 31.3 Å². The number of rotatable bonds is 6. The lowest BCUT2D eigenvalue weighted by atomic mass is 9.71. The van der Waals surface area contributed by atoms with E-state index in [1.54, 1.807) is 0 Å². The van der Waals surface area contributed by atoms with Gasteiger partial charge < -0.3 is 10.1 Å². The Morgan fingerprint density at radius 2 is 2.12 bits per heavy atom. The highest BCUT2D eigenvalue weighted by Crippen LogP contribution is 2.40. The summed E-state index contributed by atoms with van der Waals surface area (Å²) in [7, 11) is -3.14. The van der Waals surface area contributed by atoms with Gasteiger partial charge in [-0.1, -0.05) is 13.3 Å². The first kappa shape index (κ1) is 18.9. The first-order chi connectivity index (χ1) is 12.3. The van der Waals surface area contributed by atoms with Crippen LogP contribution in [0.25, 0.3) is 0 Å². The van der Waals surface area contributed by atoms with E-state index in [0.29, 0.717) is 49.9 Å². The van der Waals surface area contributed by atoms with Crippen LogP contribution in [0.15, 0.2) is 6.20 Å². The summed E-state index contributed by atoms with van der Waals surface area (Å²) in [5.41, 5.74) is 0.495. The third-order valence-electron chi connectivity index (χ3n) is 5.25. The van der Waals surface area contributed by atoms with Gasteiger partial charge in [0.25, 0.3) is 0 Å². The Balaban J connectivity index is 1.62. The van der Waals surface area contributed by atoms with E-state index in [1.807, 2.05) is 0 Å². The second-order valence-electron chi connectivity index (χ2n) is 7.56. The maximum atomic E-state index is 11.6. The number of nitrogens with one attached hydrogen (secondary N) is 1. The Morgan fingerprint density at radius 3 is 2.65 bits per heavy atom. The fourth-order valence-electron chi connectivity index (χ4n) is 3.30. The number of piperidine rings is 1. The summed E-state index contributed by atoms with van der Waals surface area (Å²) in [4.78, 5) is 8.56. The van der Waals surface area contributed by atoms with Crippen molar-refractivity contribution in [2.24, 2.45) is 5.41 Å². The number of anilines is 1. The molecule has 26 heavy (non-hydrogen) atoms. The fraction of sp³-hybridized carbons (Fsp3) is 0.706. The van der Waals surface area contributed by atoms with Gasteiger partial charge in [-0.25, -0.2) is 17.7 Å². The molecule has 0 aromatic carbocycles. The first-order valence-corrected chi connectivity index (χ1v) is 10.8. The van der Waals surface area contributed by atoms with Gasteiger partial charge in [-0.2, -0.15) is 10.2 Å². The lowest BCUT2D eigenvalue weighted by Crippen LogP contribution is -2.42. The Kier molecular flexibility index (Phi) is 5.34. The van der Waals surface area contributed by atoms with Crippen molar-refractivity contribution in [1.82, 2.24) is 14.3 Å². The first-order valence-electron chi connectivity index (χ1n) is 8.91. The molecule has 1 saturated carbocycles. The second kappa shape index (κ2) is 7.37. The number of hydrogen-bond donors (Lipinski definition) is 1. The summed E-state index contributed by atoms with van der Waals surface area (Å²) >= 11 is 0. The van der Waals surface area contributed by atoms with Gasteiger partial charge in [0.2, 0.25) is 21.9 Å². The van der Waals surface area contributed by atoms with Crippen LogP contribution in [0, 0.1) is 16.7 Å². The van der Waals surface area contributed by atoms with Crippen LogP contribution in [0.4, 0.5) is 5.95 Å². The molecule has 0 spiro atoms. The van der Waals surface area contributed by atoms with Crippen LogP contribution in [-0.4, -0.2) is 54.7 Å². The second-order valence-corrected chi connectivity index (χ2v) is 9.54. The Bertz CT molecular complexity index is 793. The zero-order chi connectivity index (χ0) is 18.8. The molecule has 2 fully saturated rings. The van der Waals surface area contributed by atoms with Crippen LogP contribution in [-0.2, 0) is 10.0 Å². The van der Waals surface area contributed by atoms with Gasteiger partial charge in [0, 0.05) is 24.5 Å². The highest BCUT2D eigenvalue weighted by molar-refractivity contribution is 7.88. The number of aromatic nitrogens is 2. The largest absolute Gasteiger partial charge is 0.476 e. The van der Waals surface area contributed by atoms with Crippen LogP contribution in [0.1, 0.15) is 44.6 Å². The van der Waals surface area contributed by atoms with Crippen LogP contribution in [0.2, 0.25) is 0 Å². The van der Waals surface area contributed by atoms with Gasteiger partial charge in [-0.3, -0.25) is 0 Å². The van der Waals surface area contributed by atoms with E-state index in [1.165, 1.54) is 23.2 Å². The summed E-state index contributed by atoms with van der Waals surface area (Å²) < 4.78 is 30.5. The standard InChI is InChI=1S/C17H25N5O3S/c1-17(6-3-7-17)12-25-15-13(10-18)11-19-16(21-15)20-14-4-8-22(9-5-14)26(2,23)24/h11,14H,3-9,12H2,1-2H3,(H,19,20,21). The average Bonchev–Trinajstić information content (AvgIpc) is 2.58. The van der Waals surface area contributed by atoms with Crippen molar-refractivity contribution in [1.29, 1.82) is 5.26 Å². The summed E-state index contributed by atoms with van der Waals surface area (Å²) in [6.45, 7) is 3.69. The van der Waals surface area contributed by atoms with Crippen molar-refractivity contribution in [3.8, 4) is 11.9 Å². The van der Waals surface area contributed by atoms with Crippen molar-refractivity contribution in [3.05, 3.63) is 11.8 Å². The lowest BCUT2D eigenvalue weighted by molar-refractivity contribution is 0.0747. The van der Waals surface area contributed by atoms with E-state index in [4.69, 9.17) is 4.74 Å².